The van der Waals surface area contributed by atoms with Crippen LogP contribution in [-0.4, -0.2) is 216 Å². The van der Waals surface area contributed by atoms with Crippen molar-refractivity contribution in [1.29, 1.82) is 0 Å². The lowest BCUT2D eigenvalue weighted by atomic mass is 9.93. The molecule has 594 valence electrons. The third kappa shape index (κ3) is 35.1. The first kappa shape index (κ1) is 93.9. The number of nitrogens with two attached hydrogens (primary N) is 4. The summed E-state index contributed by atoms with van der Waals surface area (Å²) in [6, 6.07) is -13.7. The summed E-state index contributed by atoms with van der Waals surface area (Å²) in [6.07, 6.45) is 6.04. The number of amides is 15. The van der Waals surface area contributed by atoms with Gasteiger partial charge in [0.05, 0.1) is 19.8 Å². The molecule has 0 aromatic rings. The van der Waals surface area contributed by atoms with Crippen LogP contribution in [0.5, 0.6) is 0 Å². The monoisotopic (exact) mass is 1480 g/mol. The molecule has 0 unspecified atom stereocenters. The molecule has 104 heavy (non-hydrogen) atoms. The van der Waals surface area contributed by atoms with Crippen LogP contribution in [0.4, 0.5) is 0 Å². The Kier molecular flexibility index (Phi) is 46.2. The molecule has 1 saturated heterocycles. The van der Waals surface area contributed by atoms with Gasteiger partial charge in [0.1, 0.15) is 54.4 Å². The minimum atomic E-state index is -1.68. The second kappa shape index (κ2) is 51.1. The van der Waals surface area contributed by atoms with Crippen LogP contribution in [0, 0.1) is 23.7 Å². The molecule has 0 aromatic carbocycles. The van der Waals surface area contributed by atoms with E-state index in [-0.39, 0.29) is 37.5 Å². The van der Waals surface area contributed by atoms with Crippen LogP contribution in [0.1, 0.15) is 217 Å². The van der Waals surface area contributed by atoms with E-state index in [2.05, 4.69) is 63.8 Å². The predicted octanol–water partition coefficient (Wildman–Crippen LogP) is -2.22. The summed E-state index contributed by atoms with van der Waals surface area (Å²) in [5.74, 6) is -12.6. The second-order valence-electron chi connectivity index (χ2n) is 27.7. The first-order valence-electron chi connectivity index (χ1n) is 37.3. The van der Waals surface area contributed by atoms with E-state index in [4.69, 9.17) is 22.9 Å². The van der Waals surface area contributed by atoms with Crippen LogP contribution < -0.4 is 86.7 Å². The van der Waals surface area contributed by atoms with Gasteiger partial charge in [0.15, 0.2) is 0 Å². The molecule has 34 heteroatoms. The van der Waals surface area contributed by atoms with Crippen LogP contribution >= 0.6 is 0 Å². The number of carbonyl (C=O) groups excluding carboxylic acids is 15. The van der Waals surface area contributed by atoms with E-state index in [0.717, 1.165) is 6.42 Å². The third-order valence-corrected chi connectivity index (χ3v) is 18.9. The molecule has 0 aliphatic carbocycles. The summed E-state index contributed by atoms with van der Waals surface area (Å²) in [5, 5.41) is 52.5. The van der Waals surface area contributed by atoms with Gasteiger partial charge in [-0.2, -0.15) is 0 Å². The molecule has 15 atom stereocenters. The molecule has 0 saturated carbocycles. The van der Waals surface area contributed by atoms with Crippen LogP contribution in [-0.2, 0) is 71.9 Å². The molecule has 0 spiro atoms. The van der Waals surface area contributed by atoms with Gasteiger partial charge in [0.2, 0.25) is 88.6 Å². The molecule has 1 fully saturated rings. The lowest BCUT2D eigenvalue weighted by Gasteiger charge is -2.31. The van der Waals surface area contributed by atoms with Crippen molar-refractivity contribution in [2.45, 2.75) is 290 Å². The summed E-state index contributed by atoms with van der Waals surface area (Å²) in [4.78, 5) is 203. The second-order valence-corrected chi connectivity index (χ2v) is 27.7. The molecule has 22 N–H and O–H groups in total. The highest BCUT2D eigenvalue weighted by molar-refractivity contribution is 5.97. The average Bonchev–Trinajstić information content (AvgIpc) is 1.13. The molecule has 34 nitrogen and oxygen atoms in total. The Morgan fingerprint density at radius 2 is 0.885 bits per heavy atom. The summed E-state index contributed by atoms with van der Waals surface area (Å²) < 4.78 is 0. The third-order valence-electron chi connectivity index (χ3n) is 18.9. The highest BCUT2D eigenvalue weighted by Crippen LogP contribution is 2.20. The number of aliphatic hydroxyl groups is 2. The summed E-state index contributed by atoms with van der Waals surface area (Å²) in [7, 11) is 0. The Hall–Kier alpha value is -8.11. The number of carbonyl (C=O) groups is 15. The molecule has 1 aliphatic heterocycles. The first-order valence-corrected chi connectivity index (χ1v) is 37.3. The number of aliphatic hydroxyl groups excluding tert-OH is 2. The van der Waals surface area contributed by atoms with Crippen molar-refractivity contribution < 1.29 is 82.1 Å². The van der Waals surface area contributed by atoms with Crippen LogP contribution in [0.25, 0.3) is 0 Å². The van der Waals surface area contributed by atoms with Gasteiger partial charge in [0, 0.05) is 57.3 Å². The minimum absolute atomic E-state index is 0.196. The van der Waals surface area contributed by atoms with E-state index in [1.54, 1.807) is 41.5 Å². The van der Waals surface area contributed by atoms with E-state index < -0.39 is 212 Å². The molecule has 1 heterocycles. The van der Waals surface area contributed by atoms with Crippen LogP contribution in [0.3, 0.4) is 0 Å². The summed E-state index contributed by atoms with van der Waals surface area (Å²) in [6.45, 7) is 17.6. The molecule has 0 radical (unpaired) electrons. The van der Waals surface area contributed by atoms with Gasteiger partial charge in [-0.15, -0.1) is 0 Å². The number of likely N-dealkylation sites (tertiary alicyclic amines) is 1. The average molecular weight is 1480 g/mol. The lowest BCUT2D eigenvalue weighted by molar-refractivity contribution is -0.138. The van der Waals surface area contributed by atoms with Crippen LogP contribution in [0.15, 0.2) is 0 Å². The minimum Gasteiger partial charge on any atom is -0.394 e. The van der Waals surface area contributed by atoms with Crippen LogP contribution in [0.2, 0.25) is 0 Å². The highest BCUT2D eigenvalue weighted by atomic mass is 16.3. The van der Waals surface area contributed by atoms with E-state index in [1.165, 1.54) is 11.8 Å². The fraction of sp³-hybridized carbons (Fsp3) is 0.786. The Morgan fingerprint density at radius 3 is 1.38 bits per heavy atom. The number of unbranched alkanes of at least 4 members (excludes halogenated alkanes) is 4. The molecule has 1 aliphatic rings. The molecular formula is C70H127N17O17. The quantitative estimate of drug-likeness (QED) is 0.0287. The number of hydrogen-bond acceptors (Lipinski definition) is 19. The number of hydrogen-bond donors (Lipinski definition) is 18. The Bertz CT molecular complexity index is 2780. The highest BCUT2D eigenvalue weighted by Gasteiger charge is 2.39. The van der Waals surface area contributed by atoms with Crippen molar-refractivity contribution in [3.63, 3.8) is 0 Å². The van der Waals surface area contributed by atoms with Gasteiger partial charge < -0.3 is 102 Å². The summed E-state index contributed by atoms with van der Waals surface area (Å²) in [5.41, 5.74) is 22.4. The SMILES string of the molecule is CCCC[C@@H](CC(=O)N[C@@H](CCCCN)C(=O)N[C@@H](CCCC)C(N)=O)NC(=O)[C@@H](CO)NC(=O)[C@@H](NC(=O)CNC(=O)C[C@H](NC(=O)[C@H](CO)NC(=O)[C@H](CCC(N)=O)NC(=O)C[C@H](NC(=O)[C@@H](NC(=O)[C@H](CCCCN)NC(=O)[C@@H]1CCCN1C(C)=O)[C@@H](C)CC)[C@@H](C)CC)C(C)C)[C@@H](C)CC. The van der Waals surface area contributed by atoms with Crippen molar-refractivity contribution >= 4 is 88.6 Å². The first-order chi connectivity index (χ1) is 49.2. The maximum Gasteiger partial charge on any atom is 0.245 e. The number of nitrogens with zero attached hydrogens (tertiary/aromatic N) is 1. The van der Waals surface area contributed by atoms with Gasteiger partial charge in [0.25, 0.3) is 0 Å². The van der Waals surface area contributed by atoms with Crippen molar-refractivity contribution in [3.05, 3.63) is 0 Å². The molecule has 15 amide bonds. The Labute approximate surface area is 613 Å². The van der Waals surface area contributed by atoms with Gasteiger partial charge in [-0.3, -0.25) is 71.9 Å². The maximum atomic E-state index is 14.3. The van der Waals surface area contributed by atoms with Gasteiger partial charge >= 0.3 is 0 Å². The smallest absolute Gasteiger partial charge is 0.245 e. The number of primary amides is 2. The Balaban J connectivity index is 3.20. The van der Waals surface area contributed by atoms with Crippen molar-refractivity contribution in [3.8, 4) is 0 Å². The zero-order valence-corrected chi connectivity index (χ0v) is 63.3. The molecule has 0 bridgehead atoms. The molecular weight excluding hydrogens is 1350 g/mol. The van der Waals surface area contributed by atoms with Gasteiger partial charge in [-0.1, -0.05) is 114 Å². The predicted molar refractivity (Wildman–Crippen MR) is 388 cm³/mol. The number of rotatable bonds is 54. The standard InChI is InChI=1S/C70H127N17O17/c1-12-17-24-45(34-57(93)77-47(26-19-21-31-71)63(97)79-46(62(74)96)25-18-13-2)76-66(100)52(38-88)84-69(103)60(42(9)15-4)85-59(95)37-75-56(92)35-50(40(6)7)81-67(101)53(39-89)83-64(98)49(29-30-55(73)91)78-58(94)36-51(41(8)14-3)82-70(104)61(43(10)16-5)86-65(99)48(27-20-22-32-72)80-68(102)54-28-23-33-87(54)44(11)90/h40-43,45-54,60-61,88-89H,12-39,71-72H2,1-11H3,(H2,73,91)(H2,74,96)(H,75,92)(H,76,100)(H,77,93)(H,78,94)(H,79,97)(H,80,102)(H,81,101)(H,82,104)(H,83,98)(H,84,103)(H,85,95)(H,86,99)/t41-,42-,43-,45-,46-,47-,48-,49-,50-,51-,52+,53-,54-,60-,61-/m0/s1. The Morgan fingerprint density at radius 1 is 0.442 bits per heavy atom. The van der Waals surface area contributed by atoms with Gasteiger partial charge in [-0.05, 0) is 107 Å². The lowest BCUT2D eigenvalue weighted by Crippen LogP contribution is -2.59. The molecule has 0 aromatic heterocycles. The van der Waals surface area contributed by atoms with Crippen molar-refractivity contribution in [1.82, 2.24) is 68.7 Å². The van der Waals surface area contributed by atoms with Gasteiger partial charge in [-0.25, -0.2) is 0 Å². The fourth-order valence-corrected chi connectivity index (χ4v) is 11.6. The van der Waals surface area contributed by atoms with E-state index in [9.17, 15) is 82.1 Å². The fourth-order valence-electron chi connectivity index (χ4n) is 11.6. The van der Waals surface area contributed by atoms with E-state index in [0.29, 0.717) is 110 Å². The summed E-state index contributed by atoms with van der Waals surface area (Å²) >= 11 is 0. The normalized spacial score (nSPS) is 16.8. The van der Waals surface area contributed by atoms with E-state index in [1.807, 2.05) is 27.7 Å². The zero-order chi connectivity index (χ0) is 78.8. The number of nitrogens with one attached hydrogen (secondary N) is 12. The van der Waals surface area contributed by atoms with Crippen molar-refractivity contribution in [2.24, 2.45) is 46.6 Å². The molecule has 1 rings (SSSR count). The van der Waals surface area contributed by atoms with E-state index >= 15 is 0 Å². The largest absolute Gasteiger partial charge is 0.394 e. The maximum absolute atomic E-state index is 14.3. The van der Waals surface area contributed by atoms with Crippen molar-refractivity contribution in [2.75, 3.05) is 39.4 Å². The topological polar surface area (TPSA) is 548 Å². The zero-order valence-electron chi connectivity index (χ0n) is 63.3.